The van der Waals surface area contributed by atoms with Crippen LogP contribution in [0.2, 0.25) is 0 Å². The summed E-state index contributed by atoms with van der Waals surface area (Å²) in [5, 5.41) is 8.96. The van der Waals surface area contributed by atoms with Crippen LogP contribution in [0.25, 0.3) is 0 Å². The molecular weight excluding hydrogens is 270 g/mol. The number of carboxylic acids is 1. The lowest BCUT2D eigenvalue weighted by molar-refractivity contribution is 0.0696. The molecule has 1 aromatic rings. The third-order valence-electron chi connectivity index (χ3n) is 2.44. The highest BCUT2D eigenvalue weighted by Gasteiger charge is 2.13. The van der Waals surface area contributed by atoms with Crippen molar-refractivity contribution in [1.29, 1.82) is 0 Å². The first-order chi connectivity index (χ1) is 8.85. The van der Waals surface area contributed by atoms with Crippen molar-refractivity contribution in [2.75, 3.05) is 23.7 Å². The second-order valence-corrected chi connectivity index (χ2v) is 5.79. The molecule has 0 aliphatic rings. The van der Waals surface area contributed by atoms with Crippen LogP contribution in [-0.4, -0.2) is 38.5 Å². The number of hydrogen-bond donors (Lipinski definition) is 2. The van der Waals surface area contributed by atoms with E-state index in [4.69, 9.17) is 9.84 Å². The molecule has 6 nitrogen and oxygen atoms in total. The van der Waals surface area contributed by atoms with Crippen molar-refractivity contribution in [3.8, 4) is 0 Å². The van der Waals surface area contributed by atoms with E-state index in [1.54, 1.807) is 19.9 Å². The molecule has 0 saturated heterocycles. The molecule has 2 N–H and O–H groups in total. The van der Waals surface area contributed by atoms with Crippen LogP contribution in [0.1, 0.15) is 22.8 Å². The third kappa shape index (κ3) is 4.88. The molecule has 0 fully saturated rings. The number of nitrogens with one attached hydrogen (secondary N) is 1. The van der Waals surface area contributed by atoms with Gasteiger partial charge in [0, 0.05) is 12.3 Å². The zero-order valence-electron chi connectivity index (χ0n) is 10.8. The molecule has 7 heteroatoms. The van der Waals surface area contributed by atoms with Gasteiger partial charge < -0.3 is 9.84 Å². The fraction of sp³-hybridized carbons (Fsp3) is 0.417. The Morgan fingerprint density at radius 2 is 2.11 bits per heavy atom. The van der Waals surface area contributed by atoms with Gasteiger partial charge in [-0.3, -0.25) is 4.72 Å². The zero-order chi connectivity index (χ0) is 14.5. The van der Waals surface area contributed by atoms with Gasteiger partial charge in [0.25, 0.3) is 0 Å². The quantitative estimate of drug-likeness (QED) is 0.741. The fourth-order valence-electron chi connectivity index (χ4n) is 1.46. The minimum absolute atomic E-state index is 0.0741. The Bertz CT molecular complexity index is 553. The highest BCUT2D eigenvalue weighted by Crippen LogP contribution is 2.16. The molecule has 0 bridgehead atoms. The molecule has 0 atom stereocenters. The second kappa shape index (κ2) is 6.53. The van der Waals surface area contributed by atoms with Crippen molar-refractivity contribution in [1.82, 2.24) is 0 Å². The van der Waals surface area contributed by atoms with E-state index in [9.17, 15) is 13.2 Å². The first kappa shape index (κ1) is 15.5. The number of carbonyl (C=O) groups is 1. The smallest absolute Gasteiger partial charge is 0.336 e. The number of benzene rings is 1. The van der Waals surface area contributed by atoms with Gasteiger partial charge in [0.15, 0.2) is 0 Å². The fourth-order valence-corrected chi connectivity index (χ4v) is 2.38. The summed E-state index contributed by atoms with van der Waals surface area (Å²) in [6, 6.07) is 4.39. The van der Waals surface area contributed by atoms with E-state index in [1.807, 2.05) is 0 Å². The van der Waals surface area contributed by atoms with Crippen LogP contribution < -0.4 is 4.72 Å². The van der Waals surface area contributed by atoms with E-state index in [0.29, 0.717) is 12.2 Å². The summed E-state index contributed by atoms with van der Waals surface area (Å²) < 4.78 is 30.7. The lowest BCUT2D eigenvalue weighted by Crippen LogP contribution is -2.20. The maximum absolute atomic E-state index is 11.7. The van der Waals surface area contributed by atoms with Gasteiger partial charge in [-0.25, -0.2) is 13.2 Å². The summed E-state index contributed by atoms with van der Waals surface area (Å²) in [5.41, 5.74) is 0.884. The number of rotatable bonds is 7. The Morgan fingerprint density at radius 1 is 1.42 bits per heavy atom. The van der Waals surface area contributed by atoms with Gasteiger partial charge in [-0.1, -0.05) is 6.07 Å². The lowest BCUT2D eigenvalue weighted by Gasteiger charge is -2.09. The van der Waals surface area contributed by atoms with E-state index in [0.717, 1.165) is 0 Å². The van der Waals surface area contributed by atoms with Crippen molar-refractivity contribution >= 4 is 21.7 Å². The van der Waals surface area contributed by atoms with Crippen LogP contribution in [0.4, 0.5) is 5.69 Å². The monoisotopic (exact) mass is 287 g/mol. The van der Waals surface area contributed by atoms with Crippen molar-refractivity contribution < 1.29 is 23.1 Å². The van der Waals surface area contributed by atoms with Crippen LogP contribution in [0, 0.1) is 6.92 Å². The van der Waals surface area contributed by atoms with Gasteiger partial charge in [-0.05, 0) is 31.5 Å². The molecule has 0 radical (unpaired) electrons. The van der Waals surface area contributed by atoms with Crippen LogP contribution in [-0.2, 0) is 14.8 Å². The highest BCUT2D eigenvalue weighted by molar-refractivity contribution is 7.92. The van der Waals surface area contributed by atoms with Gasteiger partial charge in [-0.15, -0.1) is 0 Å². The number of anilines is 1. The predicted octanol–water partition coefficient (Wildman–Crippen LogP) is 1.47. The Morgan fingerprint density at radius 3 is 2.68 bits per heavy atom. The molecule has 0 unspecified atom stereocenters. The van der Waals surface area contributed by atoms with Crippen molar-refractivity contribution in [2.45, 2.75) is 13.8 Å². The summed E-state index contributed by atoms with van der Waals surface area (Å²) in [4.78, 5) is 11.0. The van der Waals surface area contributed by atoms with Crippen molar-refractivity contribution in [2.24, 2.45) is 0 Å². The zero-order valence-corrected chi connectivity index (χ0v) is 11.7. The molecule has 106 valence electrons. The molecule has 1 aromatic carbocycles. The number of carboxylic acid groups (broad SMARTS) is 1. The Balaban J connectivity index is 2.82. The summed E-state index contributed by atoms with van der Waals surface area (Å²) >= 11 is 0. The largest absolute Gasteiger partial charge is 0.478 e. The normalized spacial score (nSPS) is 11.3. The number of hydrogen-bond acceptors (Lipinski definition) is 4. The van der Waals surface area contributed by atoms with E-state index >= 15 is 0 Å². The molecule has 0 spiro atoms. The number of sulfonamides is 1. The third-order valence-corrected chi connectivity index (χ3v) is 3.69. The van der Waals surface area contributed by atoms with Gasteiger partial charge in [0.05, 0.1) is 17.9 Å². The first-order valence-corrected chi connectivity index (χ1v) is 7.43. The van der Waals surface area contributed by atoms with Gasteiger partial charge in [0.1, 0.15) is 0 Å². The molecular formula is C12H17NO5S. The van der Waals surface area contributed by atoms with Crippen molar-refractivity contribution in [3.05, 3.63) is 29.3 Å². The van der Waals surface area contributed by atoms with E-state index < -0.39 is 16.0 Å². The number of ether oxygens (including phenoxy) is 1. The summed E-state index contributed by atoms with van der Waals surface area (Å²) in [5.74, 6) is -1.26. The molecule has 0 aliphatic heterocycles. The van der Waals surface area contributed by atoms with Crippen LogP contribution in [0.5, 0.6) is 0 Å². The number of aromatic carboxylic acids is 1. The van der Waals surface area contributed by atoms with Gasteiger partial charge in [-0.2, -0.15) is 0 Å². The standard InChI is InChI=1S/C12H17NO5S/c1-3-18-6-7-19(16,17)13-10-5-4-9(2)11(8-10)12(14)15/h4-5,8,13H,3,6-7H2,1-2H3,(H,14,15). The summed E-state index contributed by atoms with van der Waals surface area (Å²) in [6.45, 7) is 3.97. The SMILES string of the molecule is CCOCCS(=O)(=O)Nc1ccc(C)c(C(=O)O)c1. The topological polar surface area (TPSA) is 92.7 Å². The van der Waals surface area contributed by atoms with Crippen molar-refractivity contribution in [3.63, 3.8) is 0 Å². The Hall–Kier alpha value is -1.60. The van der Waals surface area contributed by atoms with Crippen LogP contribution >= 0.6 is 0 Å². The average Bonchev–Trinajstić information content (AvgIpc) is 2.31. The molecule has 0 amide bonds. The first-order valence-electron chi connectivity index (χ1n) is 5.78. The maximum Gasteiger partial charge on any atom is 0.336 e. The molecule has 19 heavy (non-hydrogen) atoms. The highest BCUT2D eigenvalue weighted by atomic mass is 32.2. The summed E-state index contributed by atoms with van der Waals surface area (Å²) in [6.07, 6.45) is 0. The predicted molar refractivity (Wildman–Crippen MR) is 72.0 cm³/mol. The molecule has 0 aromatic heterocycles. The minimum atomic E-state index is -3.53. The van der Waals surface area contributed by atoms with Crippen LogP contribution in [0.15, 0.2) is 18.2 Å². The average molecular weight is 287 g/mol. The Kier molecular flexibility index (Phi) is 5.31. The lowest BCUT2D eigenvalue weighted by atomic mass is 10.1. The van der Waals surface area contributed by atoms with E-state index in [-0.39, 0.29) is 23.6 Å². The van der Waals surface area contributed by atoms with Gasteiger partial charge >= 0.3 is 5.97 Å². The van der Waals surface area contributed by atoms with E-state index in [2.05, 4.69) is 4.72 Å². The molecule has 0 heterocycles. The maximum atomic E-state index is 11.7. The number of aryl methyl sites for hydroxylation is 1. The molecule has 0 aliphatic carbocycles. The Labute approximate surface area is 112 Å². The molecule has 0 saturated carbocycles. The van der Waals surface area contributed by atoms with E-state index in [1.165, 1.54) is 12.1 Å². The van der Waals surface area contributed by atoms with Crippen LogP contribution in [0.3, 0.4) is 0 Å². The minimum Gasteiger partial charge on any atom is -0.478 e. The van der Waals surface area contributed by atoms with Gasteiger partial charge in [0.2, 0.25) is 10.0 Å². The molecule has 1 rings (SSSR count). The summed E-state index contributed by atoms with van der Waals surface area (Å²) in [7, 11) is -3.53. The second-order valence-electron chi connectivity index (χ2n) is 3.95.